The summed E-state index contributed by atoms with van der Waals surface area (Å²) in [5.74, 6) is -0.805. The number of aromatic nitrogens is 1. The minimum atomic E-state index is -0.581. The first kappa shape index (κ1) is 19.2. The molecule has 30 heavy (non-hydrogen) atoms. The minimum absolute atomic E-state index is 0.146. The maximum atomic E-state index is 12.8. The third kappa shape index (κ3) is 3.59. The van der Waals surface area contributed by atoms with Gasteiger partial charge in [-0.3, -0.25) is 19.7 Å². The molecule has 5 rings (SSSR count). The highest BCUT2D eigenvalue weighted by Crippen LogP contribution is 2.29. The van der Waals surface area contributed by atoms with Crippen molar-refractivity contribution in [2.24, 2.45) is 0 Å². The third-order valence-corrected chi connectivity index (χ3v) is 6.79. The number of hydrogen-bond acceptors (Lipinski definition) is 7. The predicted molar refractivity (Wildman–Crippen MR) is 112 cm³/mol. The number of piperidine rings is 1. The molecule has 1 unspecified atom stereocenters. The smallest absolute Gasteiger partial charge is 0.255 e. The number of anilines is 1. The van der Waals surface area contributed by atoms with Crippen LogP contribution < -0.4 is 16.0 Å². The van der Waals surface area contributed by atoms with Crippen molar-refractivity contribution in [1.29, 1.82) is 0 Å². The number of rotatable bonds is 5. The fourth-order valence-corrected chi connectivity index (χ4v) is 5.14. The van der Waals surface area contributed by atoms with Crippen molar-refractivity contribution in [3.05, 3.63) is 46.0 Å². The summed E-state index contributed by atoms with van der Waals surface area (Å²) in [6, 6.07) is 5.56. The molecular formula is C21H23N5O3S. The van der Waals surface area contributed by atoms with Crippen molar-refractivity contribution in [3.8, 4) is 0 Å². The van der Waals surface area contributed by atoms with Gasteiger partial charge in [-0.1, -0.05) is 12.1 Å². The molecule has 0 aliphatic carbocycles. The highest BCUT2D eigenvalue weighted by atomic mass is 32.1. The van der Waals surface area contributed by atoms with Crippen molar-refractivity contribution in [3.63, 3.8) is 0 Å². The van der Waals surface area contributed by atoms with Crippen LogP contribution in [0.2, 0.25) is 0 Å². The summed E-state index contributed by atoms with van der Waals surface area (Å²) < 4.78 is 0. The molecule has 9 heteroatoms. The number of nitrogens with one attached hydrogen (secondary N) is 3. The van der Waals surface area contributed by atoms with Crippen LogP contribution in [0, 0.1) is 0 Å². The molecule has 3 N–H and O–H groups in total. The van der Waals surface area contributed by atoms with E-state index in [9.17, 15) is 14.4 Å². The Labute approximate surface area is 178 Å². The van der Waals surface area contributed by atoms with Gasteiger partial charge in [0.1, 0.15) is 6.04 Å². The zero-order valence-electron chi connectivity index (χ0n) is 16.4. The van der Waals surface area contributed by atoms with Gasteiger partial charge < -0.3 is 15.5 Å². The molecule has 2 fully saturated rings. The van der Waals surface area contributed by atoms with Crippen LogP contribution in [-0.2, 0) is 22.7 Å². The molecule has 1 aromatic heterocycles. The number of carbonyl (C=O) groups excluding carboxylic acids is 3. The monoisotopic (exact) mass is 425 g/mol. The number of hydrogen-bond donors (Lipinski definition) is 3. The number of nitrogens with zero attached hydrogens (tertiary/aromatic N) is 2. The Morgan fingerprint density at radius 2 is 2.13 bits per heavy atom. The summed E-state index contributed by atoms with van der Waals surface area (Å²) in [6.07, 6.45) is 2.96. The molecular weight excluding hydrogens is 402 g/mol. The van der Waals surface area contributed by atoms with Crippen molar-refractivity contribution in [2.75, 3.05) is 11.9 Å². The van der Waals surface area contributed by atoms with Crippen molar-refractivity contribution in [1.82, 2.24) is 20.5 Å². The molecule has 3 aliphatic rings. The van der Waals surface area contributed by atoms with E-state index in [1.54, 1.807) is 16.2 Å². The largest absolute Gasteiger partial charge is 0.357 e. The summed E-state index contributed by atoms with van der Waals surface area (Å²) >= 11 is 1.60. The van der Waals surface area contributed by atoms with E-state index in [1.165, 1.54) is 6.42 Å². The van der Waals surface area contributed by atoms with Gasteiger partial charge >= 0.3 is 0 Å². The van der Waals surface area contributed by atoms with E-state index >= 15 is 0 Å². The molecule has 8 nitrogen and oxygen atoms in total. The van der Waals surface area contributed by atoms with Crippen LogP contribution in [0.3, 0.4) is 0 Å². The van der Waals surface area contributed by atoms with Gasteiger partial charge in [0.25, 0.3) is 5.91 Å². The molecule has 156 valence electrons. The minimum Gasteiger partial charge on any atom is -0.357 e. The first-order valence-corrected chi connectivity index (χ1v) is 11.2. The van der Waals surface area contributed by atoms with Crippen LogP contribution in [0.1, 0.15) is 58.9 Å². The molecule has 2 saturated heterocycles. The normalized spacial score (nSPS) is 23.6. The number of carbonyl (C=O) groups is 3. The van der Waals surface area contributed by atoms with Gasteiger partial charge in [-0.15, -0.1) is 11.3 Å². The second kappa shape index (κ2) is 7.81. The number of amides is 3. The summed E-state index contributed by atoms with van der Waals surface area (Å²) in [5, 5.41) is 12.2. The van der Waals surface area contributed by atoms with Gasteiger partial charge in [-0.05, 0) is 43.0 Å². The standard InChI is InChI=1S/C21H23N5O3S/c27-18-6-5-17(19(28)25-18)26-10-13-8-12(3-4-14(13)20(26)29)9-23-21-24-16(11-30-21)15-2-1-7-22-15/h3-4,8,11,15,17,22H,1-2,5-7,9-10H2,(H,23,24)(H,25,27,28)/t15-,17?/m1/s1. The van der Waals surface area contributed by atoms with Gasteiger partial charge in [-0.2, -0.15) is 0 Å². The average Bonchev–Trinajstić information content (AvgIpc) is 3.47. The average molecular weight is 426 g/mol. The van der Waals surface area contributed by atoms with Crippen LogP contribution in [-0.4, -0.2) is 40.2 Å². The van der Waals surface area contributed by atoms with Crippen molar-refractivity contribution in [2.45, 2.75) is 50.9 Å². The summed E-state index contributed by atoms with van der Waals surface area (Å²) in [6.45, 7) is 2.06. The molecule has 3 amide bonds. The molecule has 2 atom stereocenters. The number of imide groups is 1. The fourth-order valence-electron chi connectivity index (χ4n) is 4.38. The molecule has 0 radical (unpaired) electrons. The number of thiazole rings is 1. The Kier molecular flexibility index (Phi) is 5.00. The lowest BCUT2D eigenvalue weighted by atomic mass is 10.0. The molecule has 0 saturated carbocycles. The predicted octanol–water partition coefficient (Wildman–Crippen LogP) is 1.94. The SMILES string of the molecule is O=C1CCC(N2Cc3cc(CNc4nc([C@H]5CCCN5)cs4)ccc3C2=O)C(=O)N1. The Hall–Kier alpha value is -2.78. The Balaban J connectivity index is 1.24. The molecule has 1 aromatic carbocycles. The fraction of sp³-hybridized carbons (Fsp3) is 0.429. The van der Waals surface area contributed by atoms with Gasteiger partial charge in [-0.25, -0.2) is 4.98 Å². The van der Waals surface area contributed by atoms with Crippen LogP contribution in [0.5, 0.6) is 0 Å². The van der Waals surface area contributed by atoms with Crippen LogP contribution >= 0.6 is 11.3 Å². The van der Waals surface area contributed by atoms with Gasteiger partial charge in [0.15, 0.2) is 5.13 Å². The van der Waals surface area contributed by atoms with E-state index in [-0.39, 0.29) is 24.1 Å². The van der Waals surface area contributed by atoms with Gasteiger partial charge in [0.2, 0.25) is 11.8 Å². The maximum absolute atomic E-state index is 12.8. The number of fused-ring (bicyclic) bond motifs is 1. The lowest BCUT2D eigenvalue weighted by molar-refractivity contribution is -0.136. The van der Waals surface area contributed by atoms with Gasteiger partial charge in [0.05, 0.1) is 11.7 Å². The number of benzene rings is 1. The second-order valence-electron chi connectivity index (χ2n) is 7.97. The van der Waals surface area contributed by atoms with Gasteiger partial charge in [0, 0.05) is 30.5 Å². The molecule has 4 heterocycles. The molecule has 3 aliphatic heterocycles. The summed E-state index contributed by atoms with van der Waals surface area (Å²) in [4.78, 5) is 42.6. The van der Waals surface area contributed by atoms with E-state index in [2.05, 4.69) is 21.3 Å². The lowest BCUT2D eigenvalue weighted by Crippen LogP contribution is -2.52. The molecule has 2 aromatic rings. The van der Waals surface area contributed by atoms with E-state index in [4.69, 9.17) is 4.98 Å². The molecule has 0 spiro atoms. The van der Waals surface area contributed by atoms with Crippen LogP contribution in [0.4, 0.5) is 5.13 Å². The summed E-state index contributed by atoms with van der Waals surface area (Å²) in [5.41, 5.74) is 3.70. The first-order chi connectivity index (χ1) is 14.6. The Morgan fingerprint density at radius 3 is 2.93 bits per heavy atom. The molecule has 0 bridgehead atoms. The van der Waals surface area contributed by atoms with E-state index < -0.39 is 6.04 Å². The second-order valence-corrected chi connectivity index (χ2v) is 8.83. The van der Waals surface area contributed by atoms with E-state index in [0.29, 0.717) is 31.1 Å². The lowest BCUT2D eigenvalue weighted by Gasteiger charge is -2.29. The first-order valence-electron chi connectivity index (χ1n) is 10.3. The highest BCUT2D eigenvalue weighted by molar-refractivity contribution is 7.13. The quantitative estimate of drug-likeness (QED) is 0.633. The van der Waals surface area contributed by atoms with Crippen LogP contribution in [0.25, 0.3) is 0 Å². The topological polar surface area (TPSA) is 103 Å². The maximum Gasteiger partial charge on any atom is 0.255 e. The summed E-state index contributed by atoms with van der Waals surface area (Å²) in [7, 11) is 0. The zero-order chi connectivity index (χ0) is 20.7. The zero-order valence-corrected chi connectivity index (χ0v) is 17.3. The van der Waals surface area contributed by atoms with E-state index in [1.807, 2.05) is 18.2 Å². The Morgan fingerprint density at radius 1 is 1.23 bits per heavy atom. The van der Waals surface area contributed by atoms with Crippen molar-refractivity contribution < 1.29 is 14.4 Å². The third-order valence-electron chi connectivity index (χ3n) is 5.97. The Bertz CT molecular complexity index is 1010. The van der Waals surface area contributed by atoms with Crippen molar-refractivity contribution >= 4 is 34.2 Å². The van der Waals surface area contributed by atoms with E-state index in [0.717, 1.165) is 34.9 Å². The highest BCUT2D eigenvalue weighted by Gasteiger charge is 2.39. The van der Waals surface area contributed by atoms with Crippen LogP contribution in [0.15, 0.2) is 23.6 Å².